The van der Waals surface area contributed by atoms with E-state index in [9.17, 15) is 4.79 Å². The predicted octanol–water partition coefficient (Wildman–Crippen LogP) is 3.34. The van der Waals surface area contributed by atoms with Crippen LogP contribution < -0.4 is 15.4 Å². The summed E-state index contributed by atoms with van der Waals surface area (Å²) in [4.78, 5) is 11.2. The topological polar surface area (TPSA) is 50.4 Å². The number of fused-ring (bicyclic) bond motifs is 1. The number of halogens is 1. The van der Waals surface area contributed by atoms with Crippen molar-refractivity contribution < 1.29 is 9.53 Å². The fourth-order valence-corrected chi connectivity index (χ4v) is 2.73. The molecule has 4 nitrogen and oxygen atoms in total. The highest BCUT2D eigenvalue weighted by atomic mass is 35.5. The van der Waals surface area contributed by atoms with Gasteiger partial charge in [0.2, 0.25) is 0 Å². The van der Waals surface area contributed by atoms with Gasteiger partial charge in [-0.1, -0.05) is 11.6 Å². The Bertz CT molecular complexity index is 613. The molecule has 2 heterocycles. The molecule has 1 aromatic heterocycles. The first-order valence-corrected chi connectivity index (χ1v) is 7.05. The van der Waals surface area contributed by atoms with Crippen molar-refractivity contribution in [2.75, 3.05) is 17.2 Å². The molecule has 1 aliphatic rings. The monoisotopic (exact) mass is 294 g/mol. The third kappa shape index (κ3) is 2.67. The lowest BCUT2D eigenvalue weighted by molar-refractivity contribution is -0.118. The molecule has 2 N–H and O–H groups in total. The average Bonchev–Trinajstić information content (AvgIpc) is 2.89. The number of thiophene rings is 1. The minimum Gasteiger partial charge on any atom is -0.482 e. The first-order chi connectivity index (χ1) is 9.22. The van der Waals surface area contributed by atoms with Crippen molar-refractivity contribution in [2.24, 2.45) is 0 Å². The molecule has 0 radical (unpaired) electrons. The van der Waals surface area contributed by atoms with E-state index in [-0.39, 0.29) is 12.5 Å². The number of hydrogen-bond donors (Lipinski definition) is 2. The Hall–Kier alpha value is -1.72. The van der Waals surface area contributed by atoms with Crippen LogP contribution in [0, 0.1) is 0 Å². The second kappa shape index (κ2) is 5.11. The molecule has 0 spiro atoms. The number of benzene rings is 1. The van der Waals surface area contributed by atoms with Gasteiger partial charge in [0, 0.05) is 12.6 Å². The summed E-state index contributed by atoms with van der Waals surface area (Å²) in [5.74, 6) is 0.472. The molecule has 0 atom stereocenters. The van der Waals surface area contributed by atoms with Gasteiger partial charge in [0.15, 0.2) is 6.61 Å². The van der Waals surface area contributed by atoms with Gasteiger partial charge in [0.25, 0.3) is 5.91 Å². The maximum Gasteiger partial charge on any atom is 0.262 e. The summed E-state index contributed by atoms with van der Waals surface area (Å²) < 4.78 is 5.36. The largest absolute Gasteiger partial charge is 0.482 e. The quantitative estimate of drug-likeness (QED) is 0.913. The van der Waals surface area contributed by atoms with Gasteiger partial charge in [-0.05, 0) is 28.5 Å². The molecule has 19 heavy (non-hydrogen) atoms. The van der Waals surface area contributed by atoms with Gasteiger partial charge in [-0.15, -0.1) is 0 Å². The zero-order valence-corrected chi connectivity index (χ0v) is 11.5. The summed E-state index contributed by atoms with van der Waals surface area (Å²) in [5, 5.41) is 10.6. The number of carbonyl (C=O) groups excluding carboxylic acids is 1. The van der Waals surface area contributed by atoms with Crippen molar-refractivity contribution in [3.8, 4) is 5.75 Å². The SMILES string of the molecule is O=C1COc2cc(NCc3ccsc3)c(Cl)cc2N1. The van der Waals surface area contributed by atoms with Gasteiger partial charge in [-0.25, -0.2) is 0 Å². The molecular weight excluding hydrogens is 284 g/mol. The summed E-state index contributed by atoms with van der Waals surface area (Å²) in [6, 6.07) is 5.56. The molecule has 0 unspecified atom stereocenters. The Labute approximate surface area is 119 Å². The van der Waals surface area contributed by atoms with E-state index in [0.29, 0.717) is 23.0 Å². The van der Waals surface area contributed by atoms with Crippen molar-refractivity contribution in [3.63, 3.8) is 0 Å². The highest BCUT2D eigenvalue weighted by Crippen LogP contribution is 2.36. The Kier molecular flexibility index (Phi) is 3.31. The maximum absolute atomic E-state index is 11.2. The van der Waals surface area contributed by atoms with Crippen LogP contribution in [0.15, 0.2) is 29.0 Å². The van der Waals surface area contributed by atoms with Crippen LogP contribution in [0.3, 0.4) is 0 Å². The first-order valence-electron chi connectivity index (χ1n) is 5.73. The molecule has 0 saturated carbocycles. The van der Waals surface area contributed by atoms with Crippen LogP contribution in [0.2, 0.25) is 5.02 Å². The molecule has 3 rings (SSSR count). The lowest BCUT2D eigenvalue weighted by Gasteiger charge is -2.19. The van der Waals surface area contributed by atoms with Gasteiger partial charge in [0.05, 0.1) is 16.4 Å². The predicted molar refractivity (Wildman–Crippen MR) is 77.2 cm³/mol. The Morgan fingerprint density at radius 3 is 3.16 bits per heavy atom. The minimum atomic E-state index is -0.164. The standard InChI is InChI=1S/C13H11ClN2O2S/c14-9-3-11-12(18-6-13(17)16-11)4-10(9)15-5-8-1-2-19-7-8/h1-4,7,15H,5-6H2,(H,16,17). The van der Waals surface area contributed by atoms with Gasteiger partial charge >= 0.3 is 0 Å². The number of anilines is 2. The van der Waals surface area contributed by atoms with Crippen LogP contribution in [-0.4, -0.2) is 12.5 Å². The van der Waals surface area contributed by atoms with Crippen molar-refractivity contribution in [2.45, 2.75) is 6.54 Å². The maximum atomic E-state index is 11.2. The van der Waals surface area contributed by atoms with Gasteiger partial charge in [-0.3, -0.25) is 4.79 Å². The molecule has 1 aromatic carbocycles. The third-order valence-electron chi connectivity index (χ3n) is 2.77. The first kappa shape index (κ1) is 12.3. The summed E-state index contributed by atoms with van der Waals surface area (Å²) in [6.45, 7) is 0.743. The van der Waals surface area contributed by atoms with E-state index >= 15 is 0 Å². The zero-order chi connectivity index (χ0) is 13.2. The fourth-order valence-electron chi connectivity index (χ4n) is 1.83. The summed E-state index contributed by atoms with van der Waals surface area (Å²) in [7, 11) is 0. The normalized spacial score (nSPS) is 13.4. The average molecular weight is 295 g/mol. The highest BCUT2D eigenvalue weighted by molar-refractivity contribution is 7.07. The van der Waals surface area contributed by atoms with Crippen LogP contribution in [0.1, 0.15) is 5.56 Å². The summed E-state index contributed by atoms with van der Waals surface area (Å²) in [5.41, 5.74) is 2.61. The van der Waals surface area contributed by atoms with Crippen molar-refractivity contribution >= 4 is 40.2 Å². The van der Waals surface area contributed by atoms with Gasteiger partial charge < -0.3 is 15.4 Å². The molecule has 0 saturated heterocycles. The fraction of sp³-hybridized carbons (Fsp3) is 0.154. The molecule has 2 aromatic rings. The third-order valence-corrected chi connectivity index (χ3v) is 3.81. The smallest absolute Gasteiger partial charge is 0.262 e. The second-order valence-electron chi connectivity index (χ2n) is 4.15. The van der Waals surface area contributed by atoms with Gasteiger partial charge in [-0.2, -0.15) is 11.3 Å². The van der Waals surface area contributed by atoms with Crippen molar-refractivity contribution in [1.82, 2.24) is 0 Å². The molecule has 0 fully saturated rings. The number of amides is 1. The highest BCUT2D eigenvalue weighted by Gasteiger charge is 2.18. The van der Waals surface area contributed by atoms with Crippen molar-refractivity contribution in [1.29, 1.82) is 0 Å². The number of hydrogen-bond acceptors (Lipinski definition) is 4. The van der Waals surface area contributed by atoms with E-state index in [1.54, 1.807) is 17.4 Å². The molecule has 1 amide bonds. The second-order valence-corrected chi connectivity index (χ2v) is 5.34. The Morgan fingerprint density at radius 2 is 2.37 bits per heavy atom. The summed E-state index contributed by atoms with van der Waals surface area (Å²) >= 11 is 7.84. The molecule has 98 valence electrons. The Balaban J connectivity index is 1.80. The Morgan fingerprint density at radius 1 is 1.47 bits per heavy atom. The van der Waals surface area contributed by atoms with E-state index < -0.39 is 0 Å². The molecule has 0 aliphatic carbocycles. The number of nitrogens with one attached hydrogen (secondary N) is 2. The number of rotatable bonds is 3. The number of carbonyl (C=O) groups is 1. The van der Waals surface area contributed by atoms with Crippen LogP contribution in [0.4, 0.5) is 11.4 Å². The van der Waals surface area contributed by atoms with E-state index in [0.717, 1.165) is 5.69 Å². The van der Waals surface area contributed by atoms with Crippen molar-refractivity contribution in [3.05, 3.63) is 39.5 Å². The molecule has 1 aliphatic heterocycles. The molecular formula is C13H11ClN2O2S. The molecule has 6 heteroatoms. The number of ether oxygens (including phenoxy) is 1. The van der Waals surface area contributed by atoms with E-state index in [1.807, 2.05) is 11.4 Å². The van der Waals surface area contributed by atoms with Crippen LogP contribution in [0.25, 0.3) is 0 Å². The van der Waals surface area contributed by atoms with Crippen LogP contribution >= 0.6 is 22.9 Å². The van der Waals surface area contributed by atoms with E-state index in [1.165, 1.54) is 5.56 Å². The zero-order valence-electron chi connectivity index (χ0n) is 9.90. The molecule has 0 bridgehead atoms. The van der Waals surface area contributed by atoms with E-state index in [4.69, 9.17) is 16.3 Å². The lowest BCUT2D eigenvalue weighted by Crippen LogP contribution is -2.25. The lowest BCUT2D eigenvalue weighted by atomic mass is 10.2. The van der Waals surface area contributed by atoms with E-state index in [2.05, 4.69) is 22.1 Å². The minimum absolute atomic E-state index is 0.0403. The van der Waals surface area contributed by atoms with Gasteiger partial charge in [0.1, 0.15) is 5.75 Å². The summed E-state index contributed by atoms with van der Waals surface area (Å²) in [6.07, 6.45) is 0. The van der Waals surface area contributed by atoms with Crippen LogP contribution in [0.5, 0.6) is 5.75 Å². The van der Waals surface area contributed by atoms with Crippen LogP contribution in [-0.2, 0) is 11.3 Å².